The van der Waals surface area contributed by atoms with Gasteiger partial charge in [0.1, 0.15) is 0 Å². The Morgan fingerprint density at radius 1 is 0.963 bits per heavy atom. The lowest BCUT2D eigenvalue weighted by molar-refractivity contribution is -0.132. The number of fused-ring (bicyclic) bond motifs is 1. The molecule has 1 unspecified atom stereocenters. The number of rotatable bonds is 4. The number of nitrogens with zero attached hydrogens (tertiary/aromatic N) is 3. The first-order valence-corrected chi connectivity index (χ1v) is 9.59. The predicted octanol–water partition coefficient (Wildman–Crippen LogP) is 2.94. The van der Waals surface area contributed by atoms with Crippen molar-refractivity contribution < 1.29 is 9.59 Å². The van der Waals surface area contributed by atoms with E-state index in [9.17, 15) is 9.59 Å². The minimum atomic E-state index is -0.0903. The summed E-state index contributed by atoms with van der Waals surface area (Å²) in [5.41, 5.74) is 2.66. The molecule has 5 heteroatoms. The smallest absolute Gasteiger partial charge is 0.259 e. The molecule has 2 aromatic rings. The molecule has 0 spiro atoms. The van der Waals surface area contributed by atoms with Crippen LogP contribution in [0.2, 0.25) is 0 Å². The SMILES string of the molecule is CN1CCN(C(=O)CCC2c3ccccc3C(=O)N2c2ccccc2)CC1. The summed E-state index contributed by atoms with van der Waals surface area (Å²) in [6, 6.07) is 17.4. The van der Waals surface area contributed by atoms with Gasteiger partial charge in [0.05, 0.1) is 6.04 Å². The van der Waals surface area contributed by atoms with Crippen molar-refractivity contribution in [2.45, 2.75) is 18.9 Å². The molecule has 1 saturated heterocycles. The van der Waals surface area contributed by atoms with Crippen LogP contribution in [0, 0.1) is 0 Å². The molecule has 0 N–H and O–H groups in total. The summed E-state index contributed by atoms with van der Waals surface area (Å²) < 4.78 is 0. The summed E-state index contributed by atoms with van der Waals surface area (Å²) in [6.45, 7) is 3.43. The molecule has 4 rings (SSSR count). The Morgan fingerprint density at radius 3 is 2.37 bits per heavy atom. The van der Waals surface area contributed by atoms with Crippen LogP contribution in [0.3, 0.4) is 0 Å². The third-order valence-electron chi connectivity index (χ3n) is 5.60. The van der Waals surface area contributed by atoms with Crippen LogP contribution in [0.4, 0.5) is 5.69 Å². The van der Waals surface area contributed by atoms with Gasteiger partial charge < -0.3 is 14.7 Å². The average Bonchev–Trinajstić information content (AvgIpc) is 2.99. The van der Waals surface area contributed by atoms with E-state index < -0.39 is 0 Å². The summed E-state index contributed by atoms with van der Waals surface area (Å²) in [4.78, 5) is 31.8. The Morgan fingerprint density at radius 2 is 1.63 bits per heavy atom. The van der Waals surface area contributed by atoms with Crippen LogP contribution in [-0.2, 0) is 4.79 Å². The van der Waals surface area contributed by atoms with Crippen molar-refractivity contribution in [2.75, 3.05) is 38.1 Å². The number of benzene rings is 2. The highest BCUT2D eigenvalue weighted by Gasteiger charge is 2.37. The average molecular weight is 363 g/mol. The van der Waals surface area contributed by atoms with Gasteiger partial charge in [-0.1, -0.05) is 36.4 Å². The number of carbonyl (C=O) groups is 2. The van der Waals surface area contributed by atoms with Gasteiger partial charge >= 0.3 is 0 Å². The van der Waals surface area contributed by atoms with Crippen molar-refractivity contribution in [3.8, 4) is 0 Å². The molecule has 0 saturated carbocycles. The number of hydrogen-bond acceptors (Lipinski definition) is 3. The lowest BCUT2D eigenvalue weighted by Gasteiger charge is -2.33. The van der Waals surface area contributed by atoms with E-state index in [1.807, 2.05) is 64.4 Å². The molecular formula is C22H25N3O2. The third kappa shape index (κ3) is 3.47. The largest absolute Gasteiger partial charge is 0.340 e. The van der Waals surface area contributed by atoms with Gasteiger partial charge in [-0.2, -0.15) is 0 Å². The zero-order valence-electron chi connectivity index (χ0n) is 15.7. The highest BCUT2D eigenvalue weighted by atomic mass is 16.2. The number of likely N-dealkylation sites (N-methyl/N-ethyl adjacent to an activating group) is 1. The number of amides is 2. The molecule has 5 nitrogen and oxygen atoms in total. The predicted molar refractivity (Wildman–Crippen MR) is 106 cm³/mol. The number of piperazine rings is 1. The van der Waals surface area contributed by atoms with E-state index in [0.29, 0.717) is 12.8 Å². The molecule has 0 radical (unpaired) electrons. The maximum Gasteiger partial charge on any atom is 0.259 e. The van der Waals surface area contributed by atoms with Crippen LogP contribution in [0.15, 0.2) is 54.6 Å². The van der Waals surface area contributed by atoms with E-state index >= 15 is 0 Å². The maximum absolute atomic E-state index is 13.0. The minimum Gasteiger partial charge on any atom is -0.340 e. The Hall–Kier alpha value is -2.66. The highest BCUT2D eigenvalue weighted by molar-refractivity contribution is 6.11. The van der Waals surface area contributed by atoms with Gasteiger partial charge in [-0.3, -0.25) is 9.59 Å². The summed E-state index contributed by atoms with van der Waals surface area (Å²) in [6.07, 6.45) is 1.10. The highest BCUT2D eigenvalue weighted by Crippen LogP contribution is 2.39. The summed E-state index contributed by atoms with van der Waals surface area (Å²) in [7, 11) is 2.08. The van der Waals surface area contributed by atoms with Crippen molar-refractivity contribution in [1.82, 2.24) is 9.80 Å². The van der Waals surface area contributed by atoms with Crippen LogP contribution < -0.4 is 4.90 Å². The van der Waals surface area contributed by atoms with Gasteiger partial charge in [-0.15, -0.1) is 0 Å². The fraction of sp³-hybridized carbons (Fsp3) is 0.364. The van der Waals surface area contributed by atoms with E-state index in [4.69, 9.17) is 0 Å². The molecule has 27 heavy (non-hydrogen) atoms. The molecule has 0 bridgehead atoms. The first-order chi connectivity index (χ1) is 13.1. The molecule has 0 aromatic heterocycles. The van der Waals surface area contributed by atoms with Crippen LogP contribution in [0.25, 0.3) is 0 Å². The minimum absolute atomic E-state index is 0.0221. The topological polar surface area (TPSA) is 43.9 Å². The standard InChI is InChI=1S/C22H25N3O2/c1-23-13-15-24(16-14-23)21(26)12-11-20-18-9-5-6-10-19(18)22(27)25(20)17-7-3-2-4-8-17/h2-10,20H,11-16H2,1H3. The van der Waals surface area contributed by atoms with Crippen LogP contribution in [-0.4, -0.2) is 54.8 Å². The van der Waals surface area contributed by atoms with Crippen molar-refractivity contribution in [3.63, 3.8) is 0 Å². The molecule has 2 aliphatic rings. The molecular weight excluding hydrogens is 338 g/mol. The summed E-state index contributed by atoms with van der Waals surface area (Å²) >= 11 is 0. The zero-order valence-corrected chi connectivity index (χ0v) is 15.7. The van der Waals surface area contributed by atoms with E-state index in [2.05, 4.69) is 11.9 Å². The Kier molecular flexibility index (Phi) is 4.94. The van der Waals surface area contributed by atoms with Gasteiger partial charge in [0.15, 0.2) is 0 Å². The summed E-state index contributed by atoms with van der Waals surface area (Å²) in [5, 5.41) is 0. The molecule has 2 aromatic carbocycles. The van der Waals surface area contributed by atoms with Gasteiger partial charge in [-0.05, 0) is 37.2 Å². The second-order valence-corrected chi connectivity index (χ2v) is 7.34. The van der Waals surface area contributed by atoms with E-state index in [-0.39, 0.29) is 17.9 Å². The van der Waals surface area contributed by atoms with Gasteiger partial charge in [0, 0.05) is 43.9 Å². The number of carbonyl (C=O) groups excluding carboxylic acids is 2. The van der Waals surface area contributed by atoms with Gasteiger partial charge in [0.25, 0.3) is 5.91 Å². The molecule has 2 heterocycles. The second kappa shape index (κ2) is 7.53. The lowest BCUT2D eigenvalue weighted by Crippen LogP contribution is -2.47. The second-order valence-electron chi connectivity index (χ2n) is 7.34. The van der Waals surface area contributed by atoms with Crippen LogP contribution >= 0.6 is 0 Å². The Labute approximate surface area is 160 Å². The van der Waals surface area contributed by atoms with Crippen molar-refractivity contribution in [3.05, 3.63) is 65.7 Å². The van der Waals surface area contributed by atoms with E-state index in [1.54, 1.807) is 0 Å². The third-order valence-corrected chi connectivity index (χ3v) is 5.60. The first-order valence-electron chi connectivity index (χ1n) is 9.59. The molecule has 0 aliphatic carbocycles. The maximum atomic E-state index is 13.0. The normalized spacial score (nSPS) is 20.0. The van der Waals surface area contributed by atoms with Crippen LogP contribution in [0.1, 0.15) is 34.8 Å². The van der Waals surface area contributed by atoms with Gasteiger partial charge in [0.2, 0.25) is 5.91 Å². The fourth-order valence-corrected chi connectivity index (χ4v) is 4.04. The Balaban J connectivity index is 1.53. The number of hydrogen-bond donors (Lipinski definition) is 0. The molecule has 140 valence electrons. The van der Waals surface area contributed by atoms with Crippen LogP contribution in [0.5, 0.6) is 0 Å². The first kappa shape index (κ1) is 17.7. The van der Waals surface area contributed by atoms with E-state index in [1.165, 1.54) is 0 Å². The lowest BCUT2D eigenvalue weighted by atomic mass is 10.00. The van der Waals surface area contributed by atoms with Crippen molar-refractivity contribution in [2.24, 2.45) is 0 Å². The molecule has 2 amide bonds. The number of anilines is 1. The Bertz CT molecular complexity index is 828. The molecule has 1 atom stereocenters. The molecule has 2 aliphatic heterocycles. The van der Waals surface area contributed by atoms with Crippen molar-refractivity contribution >= 4 is 17.5 Å². The summed E-state index contributed by atoms with van der Waals surface area (Å²) in [5.74, 6) is 0.210. The quantitative estimate of drug-likeness (QED) is 0.839. The zero-order chi connectivity index (χ0) is 18.8. The number of para-hydroxylation sites is 1. The fourth-order valence-electron chi connectivity index (χ4n) is 4.04. The van der Waals surface area contributed by atoms with Gasteiger partial charge in [-0.25, -0.2) is 0 Å². The van der Waals surface area contributed by atoms with E-state index in [0.717, 1.165) is 43.0 Å². The van der Waals surface area contributed by atoms with Crippen molar-refractivity contribution in [1.29, 1.82) is 0 Å². The monoisotopic (exact) mass is 363 g/mol. The molecule has 1 fully saturated rings.